The molecule has 2 unspecified atom stereocenters. The van der Waals surface area contributed by atoms with E-state index < -0.39 is 0 Å². The zero-order valence-electron chi connectivity index (χ0n) is 16.8. The predicted octanol–water partition coefficient (Wildman–Crippen LogP) is 2.17. The van der Waals surface area contributed by atoms with Crippen molar-refractivity contribution in [2.45, 2.75) is 63.4 Å². The van der Waals surface area contributed by atoms with Gasteiger partial charge in [-0.2, -0.15) is 5.10 Å². The summed E-state index contributed by atoms with van der Waals surface area (Å²) in [7, 11) is 1.85. The lowest BCUT2D eigenvalue weighted by atomic mass is 9.79. The van der Waals surface area contributed by atoms with Crippen molar-refractivity contribution >= 4 is 0 Å². The quantitative estimate of drug-likeness (QED) is 0.786. The highest BCUT2D eigenvalue weighted by Gasteiger charge is 2.51. The van der Waals surface area contributed by atoms with Crippen LogP contribution >= 0.6 is 0 Å². The van der Waals surface area contributed by atoms with Crippen LogP contribution in [0.5, 0.6) is 5.88 Å². The number of rotatable bonds is 7. The van der Waals surface area contributed by atoms with Gasteiger partial charge >= 0.3 is 0 Å². The minimum atomic E-state index is -0.0844. The van der Waals surface area contributed by atoms with Gasteiger partial charge in [0.15, 0.2) is 0 Å². The molecular weight excluding hydrogens is 356 g/mol. The molecule has 2 aliphatic rings. The number of methoxy groups -OCH3 is 1. The lowest BCUT2D eigenvalue weighted by molar-refractivity contribution is -0.0843. The number of ether oxygens (including phenoxy) is 2. The number of hydrogen-bond acceptors (Lipinski definition) is 6. The van der Waals surface area contributed by atoms with Crippen LogP contribution < -0.4 is 4.74 Å². The highest BCUT2D eigenvalue weighted by Crippen LogP contribution is 2.43. The maximum Gasteiger partial charge on any atom is 0.213 e. The first-order valence-electron chi connectivity index (χ1n) is 10.1. The summed E-state index contributed by atoms with van der Waals surface area (Å²) in [6.45, 7) is 4.54. The number of aromatic nitrogens is 3. The predicted molar refractivity (Wildman–Crippen MR) is 105 cm³/mol. The highest BCUT2D eigenvalue weighted by atomic mass is 16.5. The monoisotopic (exact) mass is 386 g/mol. The Morgan fingerprint density at radius 2 is 2.21 bits per heavy atom. The fraction of sp³-hybridized carbons (Fsp3) is 0.619. The molecule has 2 aromatic rings. The summed E-state index contributed by atoms with van der Waals surface area (Å²) in [4.78, 5) is 6.83. The number of pyridine rings is 1. The van der Waals surface area contributed by atoms with Crippen molar-refractivity contribution in [3.8, 4) is 5.88 Å². The number of aliphatic hydroxyl groups excluding tert-OH is 1. The fourth-order valence-electron chi connectivity index (χ4n) is 4.79. The standard InChI is InChI=1S/C21H30N4O3/c1-16-17(15-25(23-16)11-12-26)14-24-10-8-21(27-2)7-6-18(13-19(21)24)28-20-5-3-4-9-22-20/h3-5,9,15,18-19,26H,6-8,10-14H2,1-2H3/t18?,19?,21-/m1/s1. The Balaban J connectivity index is 1.48. The average molecular weight is 386 g/mol. The van der Waals surface area contributed by atoms with E-state index in [1.54, 1.807) is 6.20 Å². The summed E-state index contributed by atoms with van der Waals surface area (Å²) in [6, 6.07) is 6.10. The van der Waals surface area contributed by atoms with Crippen LogP contribution in [0.3, 0.4) is 0 Å². The van der Waals surface area contributed by atoms with E-state index in [1.165, 1.54) is 5.56 Å². The van der Waals surface area contributed by atoms with Gasteiger partial charge in [-0.3, -0.25) is 9.58 Å². The van der Waals surface area contributed by atoms with Gasteiger partial charge in [0.05, 0.1) is 24.4 Å². The highest BCUT2D eigenvalue weighted by molar-refractivity contribution is 5.18. The molecule has 0 aromatic carbocycles. The van der Waals surface area contributed by atoms with Crippen LogP contribution in [0, 0.1) is 6.92 Å². The van der Waals surface area contributed by atoms with Crippen molar-refractivity contribution < 1.29 is 14.6 Å². The van der Waals surface area contributed by atoms with Gasteiger partial charge in [0.2, 0.25) is 5.88 Å². The van der Waals surface area contributed by atoms with Crippen molar-refractivity contribution in [1.82, 2.24) is 19.7 Å². The third kappa shape index (κ3) is 3.79. The number of fused-ring (bicyclic) bond motifs is 1. The molecule has 2 aromatic heterocycles. The Labute approximate surface area is 166 Å². The minimum Gasteiger partial charge on any atom is -0.474 e. The molecule has 7 nitrogen and oxygen atoms in total. The Hall–Kier alpha value is -1.96. The van der Waals surface area contributed by atoms with Crippen LogP contribution in [0.4, 0.5) is 0 Å². The van der Waals surface area contributed by atoms with Crippen molar-refractivity contribution in [3.63, 3.8) is 0 Å². The van der Waals surface area contributed by atoms with Crippen LogP contribution in [0.2, 0.25) is 0 Å². The minimum absolute atomic E-state index is 0.0844. The molecule has 1 aliphatic carbocycles. The smallest absolute Gasteiger partial charge is 0.213 e. The van der Waals surface area contributed by atoms with Gasteiger partial charge in [0.25, 0.3) is 0 Å². The Kier molecular flexibility index (Phi) is 5.66. The maximum absolute atomic E-state index is 9.17. The molecule has 4 rings (SSSR count). The van der Waals surface area contributed by atoms with Gasteiger partial charge in [-0.05, 0) is 32.3 Å². The summed E-state index contributed by atoms with van der Waals surface area (Å²) in [5, 5.41) is 13.7. The summed E-state index contributed by atoms with van der Waals surface area (Å²) in [5.74, 6) is 0.697. The van der Waals surface area contributed by atoms with Crippen LogP contribution in [0.25, 0.3) is 0 Å². The first kappa shape index (κ1) is 19.4. The van der Waals surface area contributed by atoms with E-state index in [9.17, 15) is 0 Å². The Morgan fingerprint density at radius 1 is 1.32 bits per heavy atom. The summed E-state index contributed by atoms with van der Waals surface area (Å²) in [5.41, 5.74) is 2.16. The first-order valence-corrected chi connectivity index (χ1v) is 10.1. The molecule has 0 bridgehead atoms. The fourth-order valence-corrected chi connectivity index (χ4v) is 4.79. The molecule has 0 amide bonds. The Morgan fingerprint density at radius 3 is 2.96 bits per heavy atom. The molecule has 152 valence electrons. The van der Waals surface area contributed by atoms with Gasteiger partial charge in [0, 0.05) is 56.7 Å². The summed E-state index contributed by atoms with van der Waals surface area (Å²) in [6.07, 6.45) is 7.97. The molecule has 0 spiro atoms. The normalized spacial score (nSPS) is 27.7. The molecule has 3 heterocycles. The number of aliphatic hydroxyl groups is 1. The number of likely N-dealkylation sites (tertiary alicyclic amines) is 1. The molecule has 3 atom stereocenters. The van der Waals surface area contributed by atoms with E-state index in [0.29, 0.717) is 18.5 Å². The first-order chi connectivity index (χ1) is 13.6. The van der Waals surface area contributed by atoms with Gasteiger partial charge < -0.3 is 14.6 Å². The second kappa shape index (κ2) is 8.19. The Bertz CT molecular complexity index is 781. The van der Waals surface area contributed by atoms with Crippen molar-refractivity contribution in [1.29, 1.82) is 0 Å². The topological polar surface area (TPSA) is 72.6 Å². The van der Waals surface area contributed by atoms with Gasteiger partial charge in [-0.15, -0.1) is 0 Å². The van der Waals surface area contributed by atoms with Gasteiger partial charge in [0.1, 0.15) is 6.10 Å². The molecule has 0 radical (unpaired) electrons. The van der Waals surface area contributed by atoms with Crippen LogP contribution in [-0.4, -0.2) is 62.8 Å². The average Bonchev–Trinajstić information content (AvgIpc) is 3.24. The molecule has 2 fully saturated rings. The van der Waals surface area contributed by atoms with Gasteiger partial charge in [-0.1, -0.05) is 6.07 Å². The second-order valence-corrected chi connectivity index (χ2v) is 7.91. The summed E-state index contributed by atoms with van der Waals surface area (Å²) < 4.78 is 14.1. The molecule has 28 heavy (non-hydrogen) atoms. The van der Waals surface area contributed by atoms with Crippen LogP contribution in [0.1, 0.15) is 36.9 Å². The SMILES string of the molecule is CO[C@@]12CCC(Oc3ccccn3)CC1N(Cc1cn(CCO)nc1C)CC2. The third-order valence-corrected chi connectivity index (χ3v) is 6.33. The zero-order valence-corrected chi connectivity index (χ0v) is 16.8. The number of nitrogens with zero attached hydrogens (tertiary/aromatic N) is 4. The molecule has 1 N–H and O–H groups in total. The van der Waals surface area contributed by atoms with Crippen molar-refractivity contribution in [3.05, 3.63) is 41.9 Å². The van der Waals surface area contributed by atoms with E-state index in [0.717, 1.165) is 44.5 Å². The van der Waals surface area contributed by atoms with E-state index in [1.807, 2.05) is 36.9 Å². The van der Waals surface area contributed by atoms with E-state index in [-0.39, 0.29) is 18.3 Å². The largest absolute Gasteiger partial charge is 0.474 e. The lowest BCUT2D eigenvalue weighted by Gasteiger charge is -2.43. The number of aryl methyl sites for hydroxylation is 1. The molecule has 1 aliphatic heterocycles. The van der Waals surface area contributed by atoms with Crippen LogP contribution in [0.15, 0.2) is 30.6 Å². The van der Waals surface area contributed by atoms with Crippen molar-refractivity contribution in [2.75, 3.05) is 20.3 Å². The molecule has 1 saturated carbocycles. The van der Waals surface area contributed by atoms with Crippen LogP contribution in [-0.2, 0) is 17.8 Å². The lowest BCUT2D eigenvalue weighted by Crippen LogP contribution is -2.52. The molecule has 1 saturated heterocycles. The van der Waals surface area contributed by atoms with E-state index in [2.05, 4.69) is 21.2 Å². The molecule has 7 heteroatoms. The summed E-state index contributed by atoms with van der Waals surface area (Å²) >= 11 is 0. The molecular formula is C21H30N4O3. The number of hydrogen-bond donors (Lipinski definition) is 1. The zero-order chi connectivity index (χ0) is 19.6. The third-order valence-electron chi connectivity index (χ3n) is 6.33. The van der Waals surface area contributed by atoms with E-state index >= 15 is 0 Å². The van der Waals surface area contributed by atoms with Gasteiger partial charge in [-0.25, -0.2) is 4.98 Å². The van der Waals surface area contributed by atoms with Crippen molar-refractivity contribution in [2.24, 2.45) is 0 Å². The van der Waals surface area contributed by atoms with E-state index in [4.69, 9.17) is 14.6 Å². The maximum atomic E-state index is 9.17. The second-order valence-electron chi connectivity index (χ2n) is 7.91.